The Bertz CT molecular complexity index is 884. The number of nitrogens with one attached hydrogen (secondary N) is 1. The highest BCUT2D eigenvalue weighted by Gasteiger charge is 2.34. The second kappa shape index (κ2) is 7.19. The van der Waals surface area contributed by atoms with Gasteiger partial charge < -0.3 is 4.90 Å². The van der Waals surface area contributed by atoms with E-state index in [-0.39, 0.29) is 30.8 Å². The third-order valence-electron chi connectivity index (χ3n) is 5.02. The van der Waals surface area contributed by atoms with Crippen LogP contribution in [0, 0.1) is 0 Å². The Hall–Kier alpha value is -3.22. The van der Waals surface area contributed by atoms with Gasteiger partial charge in [0.2, 0.25) is 5.91 Å². The number of likely N-dealkylation sites (tertiary alicyclic amines) is 1. The second-order valence-electron chi connectivity index (χ2n) is 6.68. The molecule has 0 aliphatic carbocycles. The molecule has 2 fully saturated rings. The molecule has 2 aromatic rings. The number of pyridine rings is 1. The van der Waals surface area contributed by atoms with Crippen molar-refractivity contribution in [2.45, 2.75) is 25.3 Å². The van der Waals surface area contributed by atoms with Gasteiger partial charge in [0, 0.05) is 25.7 Å². The van der Waals surface area contributed by atoms with Crippen LogP contribution in [0.1, 0.15) is 41.4 Å². The van der Waals surface area contributed by atoms with Crippen LogP contribution in [0.25, 0.3) is 0 Å². The van der Waals surface area contributed by atoms with E-state index in [0.717, 1.165) is 18.5 Å². The standard InChI is InChI=1S/C20H20N4O3/c25-18-10-13-24(20(27)22-18)16-8-2-1-6-14(16)19(26)23-12-5-9-17(23)15-7-3-4-11-21-15/h1-4,6-8,11,17H,5,9-10,12-13H2,(H,22,25,27)/t17-/m0/s1. The lowest BCUT2D eigenvalue weighted by atomic mass is 10.1. The van der Waals surface area contributed by atoms with Gasteiger partial charge in [-0.05, 0) is 37.1 Å². The summed E-state index contributed by atoms with van der Waals surface area (Å²) >= 11 is 0. The van der Waals surface area contributed by atoms with E-state index in [1.54, 1.807) is 30.5 Å². The first-order chi connectivity index (χ1) is 13.1. The molecule has 1 N–H and O–H groups in total. The number of rotatable bonds is 3. The Morgan fingerprint density at radius 1 is 1.07 bits per heavy atom. The highest BCUT2D eigenvalue weighted by molar-refractivity contribution is 6.09. The first-order valence-electron chi connectivity index (χ1n) is 9.07. The Morgan fingerprint density at radius 2 is 1.89 bits per heavy atom. The molecule has 0 bridgehead atoms. The van der Waals surface area contributed by atoms with Crippen molar-refractivity contribution in [1.82, 2.24) is 15.2 Å². The van der Waals surface area contributed by atoms with Crippen LogP contribution in [0.2, 0.25) is 0 Å². The zero-order valence-corrected chi connectivity index (χ0v) is 14.8. The average molecular weight is 364 g/mol. The molecular weight excluding hydrogens is 344 g/mol. The fourth-order valence-electron chi connectivity index (χ4n) is 3.73. The SMILES string of the molecule is O=C1CCN(c2ccccc2C(=O)N2CCC[C@H]2c2ccccn2)C(=O)N1. The predicted molar refractivity (Wildman–Crippen MR) is 99.2 cm³/mol. The molecule has 4 amide bonds. The lowest BCUT2D eigenvalue weighted by molar-refractivity contribution is -0.120. The molecule has 0 spiro atoms. The minimum Gasteiger partial charge on any atom is -0.330 e. The van der Waals surface area contributed by atoms with E-state index in [0.29, 0.717) is 17.8 Å². The Labute approximate surface area is 157 Å². The number of amides is 4. The summed E-state index contributed by atoms with van der Waals surface area (Å²) in [6.45, 7) is 0.914. The Kier molecular flexibility index (Phi) is 4.58. The van der Waals surface area contributed by atoms with Crippen molar-refractivity contribution in [2.75, 3.05) is 18.0 Å². The quantitative estimate of drug-likeness (QED) is 0.907. The van der Waals surface area contributed by atoms with Gasteiger partial charge in [0.25, 0.3) is 5.91 Å². The molecule has 4 rings (SSSR count). The van der Waals surface area contributed by atoms with Crippen LogP contribution in [0.3, 0.4) is 0 Å². The molecule has 7 heteroatoms. The zero-order chi connectivity index (χ0) is 18.8. The summed E-state index contributed by atoms with van der Waals surface area (Å²) in [6.07, 6.45) is 3.73. The molecule has 7 nitrogen and oxygen atoms in total. The maximum atomic E-state index is 13.3. The van der Waals surface area contributed by atoms with Crippen molar-refractivity contribution in [3.63, 3.8) is 0 Å². The molecule has 3 heterocycles. The number of imide groups is 1. The van der Waals surface area contributed by atoms with Gasteiger partial charge in [-0.2, -0.15) is 0 Å². The van der Waals surface area contributed by atoms with Crippen molar-refractivity contribution < 1.29 is 14.4 Å². The maximum absolute atomic E-state index is 13.3. The van der Waals surface area contributed by atoms with Crippen LogP contribution >= 0.6 is 0 Å². The molecule has 2 saturated heterocycles. The Morgan fingerprint density at radius 3 is 2.67 bits per heavy atom. The lowest BCUT2D eigenvalue weighted by Crippen LogP contribution is -2.50. The van der Waals surface area contributed by atoms with Gasteiger partial charge in [0.1, 0.15) is 0 Å². The highest BCUT2D eigenvalue weighted by Crippen LogP contribution is 2.34. The first kappa shape index (κ1) is 17.2. The number of carbonyl (C=O) groups excluding carboxylic acids is 3. The zero-order valence-electron chi connectivity index (χ0n) is 14.8. The number of benzene rings is 1. The van der Waals surface area contributed by atoms with E-state index in [4.69, 9.17) is 0 Å². The topological polar surface area (TPSA) is 82.6 Å². The summed E-state index contributed by atoms with van der Waals surface area (Å²) in [7, 11) is 0. The maximum Gasteiger partial charge on any atom is 0.328 e. The molecule has 27 heavy (non-hydrogen) atoms. The van der Waals surface area contributed by atoms with Crippen LogP contribution in [-0.2, 0) is 4.79 Å². The minimum absolute atomic E-state index is 0.0662. The minimum atomic E-state index is -0.491. The summed E-state index contributed by atoms with van der Waals surface area (Å²) in [6, 6.07) is 12.2. The smallest absolute Gasteiger partial charge is 0.328 e. The molecule has 1 atom stereocenters. The van der Waals surface area contributed by atoms with Gasteiger partial charge in [-0.25, -0.2) is 4.79 Å². The van der Waals surface area contributed by atoms with E-state index in [9.17, 15) is 14.4 Å². The highest BCUT2D eigenvalue weighted by atomic mass is 16.2. The monoisotopic (exact) mass is 364 g/mol. The number of hydrogen-bond acceptors (Lipinski definition) is 4. The van der Waals surface area contributed by atoms with E-state index in [1.165, 1.54) is 4.90 Å². The number of aromatic nitrogens is 1. The van der Waals surface area contributed by atoms with Crippen molar-refractivity contribution in [3.8, 4) is 0 Å². The molecular formula is C20H20N4O3. The molecule has 2 aliphatic heterocycles. The third kappa shape index (κ3) is 3.28. The van der Waals surface area contributed by atoms with Gasteiger partial charge in [0.05, 0.1) is 23.0 Å². The van der Waals surface area contributed by atoms with E-state index in [2.05, 4.69) is 10.3 Å². The normalized spacial score (nSPS) is 19.9. The number of carbonyl (C=O) groups is 3. The van der Waals surface area contributed by atoms with Gasteiger partial charge in [0.15, 0.2) is 0 Å². The van der Waals surface area contributed by atoms with Gasteiger partial charge in [-0.15, -0.1) is 0 Å². The fraction of sp³-hybridized carbons (Fsp3) is 0.300. The van der Waals surface area contributed by atoms with Crippen molar-refractivity contribution in [2.24, 2.45) is 0 Å². The van der Waals surface area contributed by atoms with E-state index >= 15 is 0 Å². The summed E-state index contributed by atoms with van der Waals surface area (Å²) in [5.41, 5.74) is 1.87. The van der Waals surface area contributed by atoms with Crippen LogP contribution in [0.15, 0.2) is 48.7 Å². The van der Waals surface area contributed by atoms with Crippen LogP contribution < -0.4 is 10.2 Å². The number of nitrogens with zero attached hydrogens (tertiary/aromatic N) is 3. The largest absolute Gasteiger partial charge is 0.330 e. The molecule has 1 aromatic carbocycles. The van der Waals surface area contributed by atoms with Crippen molar-refractivity contribution in [3.05, 3.63) is 59.9 Å². The fourth-order valence-corrected chi connectivity index (χ4v) is 3.73. The van der Waals surface area contributed by atoms with Gasteiger partial charge >= 0.3 is 6.03 Å². The molecule has 0 radical (unpaired) electrons. The van der Waals surface area contributed by atoms with Crippen LogP contribution in [0.4, 0.5) is 10.5 Å². The predicted octanol–water partition coefficient (Wildman–Crippen LogP) is 2.51. The molecule has 2 aliphatic rings. The number of para-hydroxylation sites is 1. The lowest BCUT2D eigenvalue weighted by Gasteiger charge is -2.30. The Balaban J connectivity index is 1.65. The molecule has 138 valence electrons. The number of hydrogen-bond donors (Lipinski definition) is 1. The molecule has 0 unspecified atom stereocenters. The van der Waals surface area contributed by atoms with Gasteiger partial charge in [-0.3, -0.25) is 24.8 Å². The van der Waals surface area contributed by atoms with Crippen molar-refractivity contribution in [1.29, 1.82) is 0 Å². The summed E-state index contributed by atoms with van der Waals surface area (Å²) in [5.74, 6) is -0.418. The average Bonchev–Trinajstić information content (AvgIpc) is 3.18. The van der Waals surface area contributed by atoms with Crippen molar-refractivity contribution >= 4 is 23.5 Å². The van der Waals surface area contributed by atoms with Crippen LogP contribution in [0.5, 0.6) is 0 Å². The van der Waals surface area contributed by atoms with Gasteiger partial charge in [-0.1, -0.05) is 18.2 Å². The molecule has 1 aromatic heterocycles. The third-order valence-corrected chi connectivity index (χ3v) is 5.02. The number of anilines is 1. The summed E-state index contributed by atoms with van der Waals surface area (Å²) in [4.78, 5) is 44.7. The first-order valence-corrected chi connectivity index (χ1v) is 9.07. The number of urea groups is 1. The van der Waals surface area contributed by atoms with E-state index < -0.39 is 6.03 Å². The summed E-state index contributed by atoms with van der Waals surface area (Å²) < 4.78 is 0. The molecule has 0 saturated carbocycles. The summed E-state index contributed by atoms with van der Waals surface area (Å²) in [5, 5.41) is 2.31. The van der Waals surface area contributed by atoms with E-state index in [1.807, 2.05) is 23.1 Å². The second-order valence-corrected chi connectivity index (χ2v) is 6.68. The van der Waals surface area contributed by atoms with Crippen LogP contribution in [-0.4, -0.2) is 40.8 Å².